The van der Waals surface area contributed by atoms with E-state index in [2.05, 4.69) is 228 Å². The fourth-order valence-corrected chi connectivity index (χ4v) is 11.2. The minimum atomic E-state index is -0.239. The van der Waals surface area contributed by atoms with Crippen molar-refractivity contribution in [2.24, 2.45) is 0 Å². The van der Waals surface area contributed by atoms with Crippen molar-refractivity contribution in [3.05, 3.63) is 289 Å². The van der Waals surface area contributed by atoms with Crippen molar-refractivity contribution < 1.29 is 19.1 Å². The first kappa shape index (κ1) is 52.8. The van der Waals surface area contributed by atoms with Gasteiger partial charge >= 0.3 is 0 Å². The Labute approximate surface area is 480 Å². The third kappa shape index (κ3) is 10.8. The molecule has 0 aliphatic carbocycles. The molecule has 0 bridgehead atoms. The van der Waals surface area contributed by atoms with Crippen LogP contribution >= 0.6 is 0 Å². The lowest BCUT2D eigenvalue weighted by Gasteiger charge is -2.28. The van der Waals surface area contributed by atoms with Crippen LogP contribution in [-0.4, -0.2) is 61.1 Å². The van der Waals surface area contributed by atoms with Crippen molar-refractivity contribution in [1.29, 1.82) is 0 Å². The summed E-state index contributed by atoms with van der Waals surface area (Å²) in [6, 6.07) is 92.5. The molecule has 0 N–H and O–H groups in total. The minimum absolute atomic E-state index is 0.239. The van der Waals surface area contributed by atoms with E-state index in [9.17, 15) is 0 Å². The highest BCUT2D eigenvalue weighted by Crippen LogP contribution is 2.48. The predicted molar refractivity (Wildman–Crippen MR) is 334 cm³/mol. The molecular formula is C74H62N4O4. The van der Waals surface area contributed by atoms with Crippen molar-refractivity contribution in [2.75, 3.05) is 49.3 Å². The molecule has 8 heteroatoms. The number of benzene rings is 10. The number of nitrogens with zero attached hydrogens (tertiary/aromatic N) is 4. The molecule has 10 aromatic rings. The summed E-state index contributed by atoms with van der Waals surface area (Å²) in [7, 11) is 0. The highest BCUT2D eigenvalue weighted by molar-refractivity contribution is 6.30. The second kappa shape index (κ2) is 24.2. The lowest BCUT2D eigenvalue weighted by Crippen LogP contribution is -2.33. The van der Waals surface area contributed by atoms with Crippen molar-refractivity contribution in [1.82, 2.24) is 9.80 Å². The van der Waals surface area contributed by atoms with Crippen LogP contribution < -0.4 is 9.80 Å². The van der Waals surface area contributed by atoms with Crippen molar-refractivity contribution in [3.63, 3.8) is 0 Å². The van der Waals surface area contributed by atoms with Crippen LogP contribution in [0, 0.1) is 0 Å². The standard InChI is InChI=1S/C74H62N4O4/c1-3-81-51-49-75-71(61-33-45-67(46-34-61)77(63-37-25-57(26-38-63)53-17-9-5-10-18-53)64-39-27-58(28-40-64)54-19-11-6-12-20-54)69-70(73(75)79)72(76(74(69)80)50-52-82-4-2)62-35-47-68(48-36-62)78(65-41-29-59(30-42-65)55-21-13-7-14-22-55)66-43-31-60(32-44-66)56-23-15-8-16-24-56/h5-48H,3-4,49-52H2,1-2H3. The van der Waals surface area contributed by atoms with Crippen LogP contribution in [0.4, 0.5) is 34.1 Å². The maximum Gasteiger partial charge on any atom is 0.261 e. The van der Waals surface area contributed by atoms with Crippen LogP contribution in [0.2, 0.25) is 0 Å². The molecule has 8 nitrogen and oxygen atoms in total. The number of carbonyl (C=O) groups excluding carboxylic acids is 2. The Balaban J connectivity index is 0.935. The molecule has 0 fully saturated rings. The molecule has 0 spiro atoms. The third-order valence-corrected chi connectivity index (χ3v) is 15.2. The Hall–Kier alpha value is -9.86. The first-order chi connectivity index (χ1) is 40.4. The lowest BCUT2D eigenvalue weighted by molar-refractivity contribution is -0.124. The van der Waals surface area contributed by atoms with Gasteiger partial charge in [0.05, 0.1) is 35.8 Å². The number of carbonyl (C=O) groups is 2. The summed E-state index contributed by atoms with van der Waals surface area (Å²) in [5.74, 6) is -0.477. The second-order valence-corrected chi connectivity index (χ2v) is 20.2. The van der Waals surface area contributed by atoms with Gasteiger partial charge in [0.1, 0.15) is 0 Å². The van der Waals surface area contributed by atoms with Crippen molar-refractivity contribution >= 4 is 57.3 Å². The van der Waals surface area contributed by atoms with Gasteiger partial charge in [-0.3, -0.25) is 9.59 Å². The van der Waals surface area contributed by atoms with Gasteiger partial charge < -0.3 is 29.1 Å². The molecule has 10 aromatic carbocycles. The smallest absolute Gasteiger partial charge is 0.261 e. The summed E-state index contributed by atoms with van der Waals surface area (Å²) in [6.07, 6.45) is 0. The zero-order valence-corrected chi connectivity index (χ0v) is 46.1. The molecule has 0 unspecified atom stereocenters. The SMILES string of the molecule is CCOCCN1C(=O)C2=C(c3ccc(N(c4ccc(-c5ccccc5)cc4)c4ccc(-c5ccccc5)cc4)cc3)N(CCOCC)C(=O)C2=C1c1ccc(N(c2ccc(-c3ccccc3)cc2)c2ccc(-c3ccccc3)cc2)cc1. The molecule has 82 heavy (non-hydrogen) atoms. The van der Waals surface area contributed by atoms with Crippen LogP contribution in [0.15, 0.2) is 278 Å². The van der Waals surface area contributed by atoms with Crippen LogP contribution in [0.3, 0.4) is 0 Å². The Morgan fingerprint density at radius 2 is 0.488 bits per heavy atom. The van der Waals surface area contributed by atoms with Gasteiger partial charge in [0, 0.05) is 60.4 Å². The number of hydrogen-bond acceptors (Lipinski definition) is 6. The zero-order chi connectivity index (χ0) is 55.8. The first-order valence-electron chi connectivity index (χ1n) is 28.2. The van der Waals surface area contributed by atoms with Gasteiger partial charge in [0.15, 0.2) is 0 Å². The average Bonchev–Trinajstić information content (AvgIpc) is 4.22. The highest BCUT2D eigenvalue weighted by Gasteiger charge is 2.48. The highest BCUT2D eigenvalue weighted by atomic mass is 16.5. The Kier molecular flexibility index (Phi) is 15.6. The number of fused-ring (bicyclic) bond motifs is 1. The maximum absolute atomic E-state index is 15.3. The molecule has 12 rings (SSSR count). The summed E-state index contributed by atoms with van der Waals surface area (Å²) >= 11 is 0. The van der Waals surface area contributed by atoms with Gasteiger partial charge in [-0.05, 0) is 142 Å². The largest absolute Gasteiger partial charge is 0.380 e. The molecule has 0 radical (unpaired) electrons. The molecule has 2 heterocycles. The topological polar surface area (TPSA) is 65.6 Å². The summed E-state index contributed by atoms with van der Waals surface area (Å²) in [5, 5.41) is 0. The van der Waals surface area contributed by atoms with Crippen LogP contribution in [0.25, 0.3) is 55.9 Å². The number of anilines is 6. The van der Waals surface area contributed by atoms with E-state index < -0.39 is 0 Å². The fourth-order valence-electron chi connectivity index (χ4n) is 11.2. The lowest BCUT2D eigenvalue weighted by atomic mass is 10.0. The molecular weight excluding hydrogens is 1010 g/mol. The van der Waals surface area contributed by atoms with E-state index in [1.165, 1.54) is 0 Å². The average molecular weight is 1070 g/mol. The first-order valence-corrected chi connectivity index (χ1v) is 28.2. The summed E-state index contributed by atoms with van der Waals surface area (Å²) < 4.78 is 11.8. The molecule has 0 saturated heterocycles. The summed E-state index contributed by atoms with van der Waals surface area (Å²) in [6.45, 7) is 6.01. The van der Waals surface area contributed by atoms with E-state index in [4.69, 9.17) is 9.47 Å². The molecule has 2 aliphatic heterocycles. The van der Waals surface area contributed by atoms with E-state index in [-0.39, 0.29) is 24.9 Å². The van der Waals surface area contributed by atoms with E-state index in [0.29, 0.717) is 49.0 Å². The van der Waals surface area contributed by atoms with Gasteiger partial charge in [-0.25, -0.2) is 0 Å². The number of hydrogen-bond donors (Lipinski definition) is 0. The fraction of sp³-hybridized carbons (Fsp3) is 0.108. The van der Waals surface area contributed by atoms with Gasteiger partial charge in [0.25, 0.3) is 11.8 Å². The quantitative estimate of drug-likeness (QED) is 0.0709. The third-order valence-electron chi connectivity index (χ3n) is 15.2. The van der Waals surface area contributed by atoms with Crippen LogP contribution in [-0.2, 0) is 19.1 Å². The minimum Gasteiger partial charge on any atom is -0.380 e. The number of amides is 2. The number of ether oxygens (including phenoxy) is 2. The molecule has 0 aromatic heterocycles. The second-order valence-electron chi connectivity index (χ2n) is 20.2. The van der Waals surface area contributed by atoms with Crippen LogP contribution in [0.1, 0.15) is 25.0 Å². The molecule has 0 atom stereocenters. The van der Waals surface area contributed by atoms with Gasteiger partial charge in [0.2, 0.25) is 0 Å². The van der Waals surface area contributed by atoms with Gasteiger partial charge in [-0.15, -0.1) is 0 Å². The Bertz CT molecular complexity index is 3440. The molecule has 0 saturated carbocycles. The molecule has 2 aliphatic rings. The van der Waals surface area contributed by atoms with Gasteiger partial charge in [-0.2, -0.15) is 0 Å². The van der Waals surface area contributed by atoms with Crippen molar-refractivity contribution in [3.8, 4) is 44.5 Å². The van der Waals surface area contributed by atoms with Crippen LogP contribution in [0.5, 0.6) is 0 Å². The van der Waals surface area contributed by atoms with Crippen molar-refractivity contribution in [2.45, 2.75) is 13.8 Å². The Morgan fingerprint density at radius 1 is 0.280 bits per heavy atom. The monoisotopic (exact) mass is 1070 g/mol. The van der Waals surface area contributed by atoms with E-state index in [1.54, 1.807) is 9.80 Å². The van der Waals surface area contributed by atoms with E-state index in [0.717, 1.165) is 89.8 Å². The Morgan fingerprint density at radius 3 is 0.707 bits per heavy atom. The van der Waals surface area contributed by atoms with Gasteiger partial charge in [-0.1, -0.05) is 194 Å². The summed E-state index contributed by atoms with van der Waals surface area (Å²) in [5.41, 5.74) is 18.2. The number of rotatable bonds is 20. The molecule has 2 amide bonds. The zero-order valence-electron chi connectivity index (χ0n) is 46.1. The summed E-state index contributed by atoms with van der Waals surface area (Å²) in [4.78, 5) is 38.6. The maximum atomic E-state index is 15.3. The predicted octanol–water partition coefficient (Wildman–Crippen LogP) is 17.2. The van der Waals surface area contributed by atoms with E-state index in [1.807, 2.05) is 62.4 Å². The molecule has 402 valence electrons. The van der Waals surface area contributed by atoms with E-state index >= 15 is 9.59 Å². The normalized spacial score (nSPS) is 13.0.